The van der Waals surface area contributed by atoms with Crippen LogP contribution in [0.4, 0.5) is 0 Å². The van der Waals surface area contributed by atoms with E-state index in [4.69, 9.17) is 4.74 Å². The van der Waals surface area contributed by atoms with Crippen molar-refractivity contribution in [1.82, 2.24) is 5.32 Å². The fourth-order valence-corrected chi connectivity index (χ4v) is 11.5. The van der Waals surface area contributed by atoms with Crippen molar-refractivity contribution in [2.24, 2.45) is 50.7 Å². The number of fused-ring (bicyclic) bond motifs is 7. The predicted molar refractivity (Wildman–Crippen MR) is 149 cm³/mol. The number of allylic oxidation sites excluding steroid dienone is 1. The molecule has 212 valence electrons. The third-order valence-electron chi connectivity index (χ3n) is 13.3. The number of hydrogen-bond acceptors (Lipinski definition) is 4. The molecule has 5 aliphatic rings. The van der Waals surface area contributed by atoms with E-state index in [1.54, 1.807) is 14.0 Å². The van der Waals surface area contributed by atoms with E-state index in [2.05, 4.69) is 53.8 Å². The SMILES string of the molecule is CNC(=O)[C@@]12CC[C@]3(C)[C@H](CC[C@@H]4[C@@]5(C)CC[C@H](OC(C)=O)C(C)(C)[C@@H]5CC[C@]43C)C1=C(C(C)C)C(=O)C2. The van der Waals surface area contributed by atoms with Crippen LogP contribution < -0.4 is 5.32 Å². The van der Waals surface area contributed by atoms with Crippen molar-refractivity contribution in [3.8, 4) is 0 Å². The summed E-state index contributed by atoms with van der Waals surface area (Å²) < 4.78 is 5.89. The highest BCUT2D eigenvalue weighted by Crippen LogP contribution is 2.76. The van der Waals surface area contributed by atoms with E-state index in [0.717, 1.165) is 56.9 Å². The van der Waals surface area contributed by atoms with Gasteiger partial charge in [0, 0.05) is 25.8 Å². The first-order valence-electron chi connectivity index (χ1n) is 15.3. The molecule has 5 rings (SSSR count). The highest BCUT2D eigenvalue weighted by atomic mass is 16.5. The number of nitrogens with one attached hydrogen (secondary N) is 1. The first-order chi connectivity index (χ1) is 17.6. The molecular formula is C33H51NO4. The smallest absolute Gasteiger partial charge is 0.302 e. The summed E-state index contributed by atoms with van der Waals surface area (Å²) >= 11 is 0. The molecule has 4 fully saturated rings. The van der Waals surface area contributed by atoms with Crippen molar-refractivity contribution in [2.45, 2.75) is 119 Å². The zero-order chi connectivity index (χ0) is 28.1. The Morgan fingerprint density at radius 2 is 1.58 bits per heavy atom. The maximum Gasteiger partial charge on any atom is 0.302 e. The van der Waals surface area contributed by atoms with Gasteiger partial charge in [0.15, 0.2) is 5.78 Å². The van der Waals surface area contributed by atoms with Crippen LogP contribution in [0, 0.1) is 50.7 Å². The van der Waals surface area contributed by atoms with Gasteiger partial charge in [-0.1, -0.05) is 48.5 Å². The lowest BCUT2D eigenvalue weighted by molar-refractivity contribution is -0.232. The number of amides is 1. The van der Waals surface area contributed by atoms with Crippen molar-refractivity contribution in [1.29, 1.82) is 0 Å². The molecular weight excluding hydrogens is 474 g/mol. The fourth-order valence-electron chi connectivity index (χ4n) is 11.5. The van der Waals surface area contributed by atoms with Gasteiger partial charge >= 0.3 is 5.97 Å². The molecule has 0 heterocycles. The van der Waals surface area contributed by atoms with E-state index in [1.165, 1.54) is 5.57 Å². The lowest BCUT2D eigenvalue weighted by Crippen LogP contribution is -2.66. The number of rotatable bonds is 3. The summed E-state index contributed by atoms with van der Waals surface area (Å²) in [6.45, 7) is 18.1. The van der Waals surface area contributed by atoms with Gasteiger partial charge < -0.3 is 10.1 Å². The van der Waals surface area contributed by atoms with Gasteiger partial charge in [0.2, 0.25) is 5.91 Å². The van der Waals surface area contributed by atoms with E-state index in [-0.39, 0.29) is 57.3 Å². The summed E-state index contributed by atoms with van der Waals surface area (Å²) in [5.41, 5.74) is 1.87. The van der Waals surface area contributed by atoms with Gasteiger partial charge in [-0.15, -0.1) is 0 Å². The molecule has 38 heavy (non-hydrogen) atoms. The molecule has 0 spiro atoms. The molecule has 0 aromatic heterocycles. The average molecular weight is 526 g/mol. The minimum Gasteiger partial charge on any atom is -0.462 e. The molecule has 0 saturated heterocycles. The Morgan fingerprint density at radius 3 is 2.18 bits per heavy atom. The summed E-state index contributed by atoms with van der Waals surface area (Å²) in [6.07, 6.45) is 8.66. The Bertz CT molecular complexity index is 1090. The van der Waals surface area contributed by atoms with Crippen LogP contribution in [0.1, 0.15) is 113 Å². The molecule has 8 atom stereocenters. The van der Waals surface area contributed by atoms with Crippen LogP contribution in [0.2, 0.25) is 0 Å². The Labute approximate surface area is 230 Å². The number of carbonyl (C=O) groups is 3. The lowest BCUT2D eigenvalue weighted by Gasteiger charge is -2.72. The Kier molecular flexibility index (Phi) is 6.37. The molecule has 0 aliphatic heterocycles. The third kappa shape index (κ3) is 3.38. The maximum atomic E-state index is 13.5. The normalized spacial score (nSPS) is 45.6. The molecule has 5 heteroatoms. The Morgan fingerprint density at radius 1 is 0.895 bits per heavy atom. The van der Waals surface area contributed by atoms with Crippen molar-refractivity contribution in [2.75, 3.05) is 7.05 Å². The average Bonchev–Trinajstić information content (AvgIpc) is 3.14. The van der Waals surface area contributed by atoms with Crippen LogP contribution in [-0.4, -0.2) is 30.8 Å². The minimum absolute atomic E-state index is 0.0135. The first kappa shape index (κ1) is 27.9. The maximum absolute atomic E-state index is 13.5. The number of esters is 1. The van der Waals surface area contributed by atoms with Crippen LogP contribution in [0.25, 0.3) is 0 Å². The number of ketones is 1. The van der Waals surface area contributed by atoms with Crippen LogP contribution >= 0.6 is 0 Å². The van der Waals surface area contributed by atoms with Gasteiger partial charge in [-0.3, -0.25) is 14.4 Å². The summed E-state index contributed by atoms with van der Waals surface area (Å²) in [5, 5.41) is 2.96. The van der Waals surface area contributed by atoms with E-state index >= 15 is 0 Å². The summed E-state index contributed by atoms with van der Waals surface area (Å²) in [7, 11) is 1.73. The van der Waals surface area contributed by atoms with E-state index in [9.17, 15) is 14.4 Å². The quantitative estimate of drug-likeness (QED) is 0.419. The molecule has 1 N–H and O–H groups in total. The third-order valence-corrected chi connectivity index (χ3v) is 13.3. The van der Waals surface area contributed by atoms with Crippen molar-refractivity contribution >= 4 is 17.7 Å². The van der Waals surface area contributed by atoms with Crippen LogP contribution in [0.5, 0.6) is 0 Å². The van der Waals surface area contributed by atoms with Gasteiger partial charge in [0.05, 0.1) is 5.41 Å². The Balaban J connectivity index is 1.57. The number of ether oxygens (including phenoxy) is 1. The van der Waals surface area contributed by atoms with Gasteiger partial charge in [0.25, 0.3) is 0 Å². The second-order valence-corrected chi connectivity index (χ2v) is 15.3. The van der Waals surface area contributed by atoms with Gasteiger partial charge in [0.1, 0.15) is 6.10 Å². The fraction of sp³-hybridized carbons (Fsp3) is 0.848. The van der Waals surface area contributed by atoms with Gasteiger partial charge in [-0.05, 0) is 102 Å². The summed E-state index contributed by atoms with van der Waals surface area (Å²) in [6, 6.07) is 0. The van der Waals surface area contributed by atoms with Gasteiger partial charge in [-0.25, -0.2) is 0 Å². The highest BCUT2D eigenvalue weighted by Gasteiger charge is 2.71. The molecule has 0 bridgehead atoms. The molecule has 1 amide bonds. The minimum atomic E-state index is -0.649. The number of carbonyl (C=O) groups excluding carboxylic acids is 3. The molecule has 0 aromatic rings. The zero-order valence-electron chi connectivity index (χ0n) is 25.4. The van der Waals surface area contributed by atoms with Crippen LogP contribution in [-0.2, 0) is 19.1 Å². The van der Waals surface area contributed by atoms with Crippen molar-refractivity contribution in [3.05, 3.63) is 11.1 Å². The standard InChI is InChI=1S/C33H51NO4/c1-19(2)26-22(36)18-33(28(37)34-9)17-16-31(7)21(27(26)33)10-11-24-30(6)14-13-25(38-20(3)35)29(4,5)23(30)12-15-32(24,31)8/h19,21,23-25H,10-18H2,1-9H3,(H,34,37)/t21-,23+,24-,25+,30+,31-,32-,33-/m1/s1. The molecule has 5 aliphatic carbocycles. The highest BCUT2D eigenvalue weighted by molar-refractivity contribution is 6.06. The summed E-state index contributed by atoms with van der Waals surface area (Å²) in [5.74, 6) is 1.61. The first-order valence-corrected chi connectivity index (χ1v) is 15.3. The second-order valence-electron chi connectivity index (χ2n) is 15.3. The van der Waals surface area contributed by atoms with E-state index in [0.29, 0.717) is 18.3 Å². The lowest BCUT2D eigenvalue weighted by atomic mass is 9.33. The monoisotopic (exact) mass is 525 g/mol. The molecule has 0 unspecified atom stereocenters. The molecule has 0 radical (unpaired) electrons. The largest absolute Gasteiger partial charge is 0.462 e. The van der Waals surface area contributed by atoms with Crippen molar-refractivity contribution < 1.29 is 19.1 Å². The predicted octanol–water partition coefficient (Wildman–Crippen LogP) is 6.64. The number of hydrogen-bond donors (Lipinski definition) is 1. The molecule has 4 saturated carbocycles. The molecule has 5 nitrogen and oxygen atoms in total. The van der Waals surface area contributed by atoms with E-state index in [1.807, 2.05) is 0 Å². The van der Waals surface area contributed by atoms with E-state index < -0.39 is 5.41 Å². The number of Topliss-reactive ketones (excluding diaryl/α,β-unsaturated/α-hetero) is 1. The zero-order valence-corrected chi connectivity index (χ0v) is 25.4. The Hall–Kier alpha value is -1.65. The van der Waals surface area contributed by atoms with Crippen LogP contribution in [0.3, 0.4) is 0 Å². The summed E-state index contributed by atoms with van der Waals surface area (Å²) in [4.78, 5) is 38.9. The van der Waals surface area contributed by atoms with Gasteiger partial charge in [-0.2, -0.15) is 0 Å². The van der Waals surface area contributed by atoms with Crippen LogP contribution in [0.15, 0.2) is 11.1 Å². The van der Waals surface area contributed by atoms with Crippen molar-refractivity contribution in [3.63, 3.8) is 0 Å². The second kappa shape index (κ2) is 8.67. The topological polar surface area (TPSA) is 72.5 Å². The molecule has 0 aromatic carbocycles.